The van der Waals surface area contributed by atoms with Crippen LogP contribution in [0.1, 0.15) is 38.1 Å². The predicted molar refractivity (Wildman–Crippen MR) is 80.5 cm³/mol. The lowest BCUT2D eigenvalue weighted by molar-refractivity contribution is 0.171. The molecular formula is C13H23BrN2S. The van der Waals surface area contributed by atoms with E-state index < -0.39 is 0 Å². The summed E-state index contributed by atoms with van der Waals surface area (Å²) in [6.45, 7) is 7.49. The van der Waals surface area contributed by atoms with Crippen LogP contribution in [0.2, 0.25) is 0 Å². The Kier molecular flexibility index (Phi) is 6.13. The normalized spacial score (nSPS) is 15.5. The van der Waals surface area contributed by atoms with Gasteiger partial charge in [0.05, 0.1) is 9.83 Å². The van der Waals surface area contributed by atoms with Crippen molar-refractivity contribution in [1.29, 1.82) is 0 Å². The summed E-state index contributed by atoms with van der Waals surface area (Å²) < 4.78 is 1.18. The van der Waals surface area contributed by atoms with Crippen molar-refractivity contribution in [2.24, 2.45) is 11.7 Å². The van der Waals surface area contributed by atoms with Crippen molar-refractivity contribution in [2.75, 3.05) is 13.6 Å². The van der Waals surface area contributed by atoms with Crippen LogP contribution in [0.15, 0.2) is 15.9 Å². The van der Waals surface area contributed by atoms with Crippen molar-refractivity contribution in [3.63, 3.8) is 0 Å². The first-order chi connectivity index (χ1) is 7.95. The summed E-state index contributed by atoms with van der Waals surface area (Å²) in [5, 5.41) is 0. The molecule has 1 heterocycles. The van der Waals surface area contributed by atoms with Crippen LogP contribution >= 0.6 is 27.3 Å². The van der Waals surface area contributed by atoms with Gasteiger partial charge >= 0.3 is 0 Å². The zero-order valence-electron chi connectivity index (χ0n) is 11.1. The summed E-state index contributed by atoms with van der Waals surface area (Å²) in [6, 6.07) is 5.17. The van der Waals surface area contributed by atoms with Crippen LogP contribution in [0.25, 0.3) is 0 Å². The molecule has 2 unspecified atom stereocenters. The van der Waals surface area contributed by atoms with E-state index in [1.165, 1.54) is 15.1 Å². The third-order valence-corrected chi connectivity index (χ3v) is 4.87. The van der Waals surface area contributed by atoms with Crippen LogP contribution in [-0.4, -0.2) is 24.5 Å². The molecule has 2 N–H and O–H groups in total. The Labute approximate surface area is 117 Å². The fourth-order valence-electron chi connectivity index (χ4n) is 2.15. The molecule has 98 valence electrons. The van der Waals surface area contributed by atoms with Gasteiger partial charge < -0.3 is 5.73 Å². The van der Waals surface area contributed by atoms with Gasteiger partial charge in [-0.05, 0) is 54.4 Å². The Bertz CT molecular complexity index is 338. The van der Waals surface area contributed by atoms with Crippen molar-refractivity contribution >= 4 is 27.3 Å². The van der Waals surface area contributed by atoms with Crippen molar-refractivity contribution in [2.45, 2.75) is 39.3 Å². The number of hydrogen-bond donors (Lipinski definition) is 1. The van der Waals surface area contributed by atoms with E-state index in [2.05, 4.69) is 60.8 Å². The maximum absolute atomic E-state index is 5.93. The fourth-order valence-corrected chi connectivity index (χ4v) is 3.73. The highest BCUT2D eigenvalue weighted by Gasteiger charge is 2.22. The van der Waals surface area contributed by atoms with E-state index in [0.717, 1.165) is 5.92 Å². The van der Waals surface area contributed by atoms with Gasteiger partial charge in [-0.25, -0.2) is 0 Å². The summed E-state index contributed by atoms with van der Waals surface area (Å²) in [4.78, 5) is 3.75. The van der Waals surface area contributed by atoms with Crippen molar-refractivity contribution < 1.29 is 0 Å². The second-order valence-corrected chi connectivity index (χ2v) is 7.53. The number of likely N-dealkylation sites (N-methyl/N-ethyl adjacent to an activating group) is 1. The van der Waals surface area contributed by atoms with Crippen LogP contribution in [0.3, 0.4) is 0 Å². The molecule has 4 heteroatoms. The van der Waals surface area contributed by atoms with E-state index in [4.69, 9.17) is 5.73 Å². The molecule has 0 radical (unpaired) electrons. The summed E-state index contributed by atoms with van der Waals surface area (Å²) >= 11 is 5.30. The molecule has 2 nitrogen and oxygen atoms in total. The van der Waals surface area contributed by atoms with Crippen molar-refractivity contribution in [3.05, 3.63) is 20.8 Å². The minimum atomic E-state index is 0.333. The zero-order chi connectivity index (χ0) is 13.0. The van der Waals surface area contributed by atoms with Gasteiger partial charge in [0.2, 0.25) is 0 Å². The standard InChI is InChI=1S/C13H23BrN2S/c1-9(2)7-10(3)16(4)11(8-15)12-5-6-13(14)17-12/h5-6,9-11H,7-8,15H2,1-4H3. The first-order valence-electron chi connectivity index (χ1n) is 6.13. The van der Waals surface area contributed by atoms with Crippen molar-refractivity contribution in [1.82, 2.24) is 4.90 Å². The van der Waals surface area contributed by atoms with E-state index in [1.807, 2.05) is 0 Å². The molecule has 1 aromatic rings. The SMILES string of the molecule is CC(C)CC(C)N(C)C(CN)c1ccc(Br)s1. The highest BCUT2D eigenvalue weighted by molar-refractivity contribution is 9.11. The summed E-state index contributed by atoms with van der Waals surface area (Å²) in [6.07, 6.45) is 1.21. The molecule has 0 aliphatic heterocycles. The maximum Gasteiger partial charge on any atom is 0.0702 e. The summed E-state index contributed by atoms with van der Waals surface area (Å²) in [5.41, 5.74) is 5.93. The minimum absolute atomic E-state index is 0.333. The van der Waals surface area contributed by atoms with E-state index in [9.17, 15) is 0 Å². The largest absolute Gasteiger partial charge is 0.329 e. The maximum atomic E-state index is 5.93. The molecule has 17 heavy (non-hydrogen) atoms. The third-order valence-electron chi connectivity index (χ3n) is 3.15. The Morgan fingerprint density at radius 3 is 2.41 bits per heavy atom. The lowest BCUT2D eigenvalue weighted by Crippen LogP contribution is -2.37. The molecule has 0 aliphatic carbocycles. The van der Waals surface area contributed by atoms with Crippen LogP contribution in [0.4, 0.5) is 0 Å². The monoisotopic (exact) mass is 318 g/mol. The van der Waals surface area contributed by atoms with Gasteiger partial charge in [-0.3, -0.25) is 4.90 Å². The minimum Gasteiger partial charge on any atom is -0.329 e. The van der Waals surface area contributed by atoms with Gasteiger partial charge in [-0.1, -0.05) is 13.8 Å². The van der Waals surface area contributed by atoms with E-state index >= 15 is 0 Å². The van der Waals surface area contributed by atoms with Crippen LogP contribution < -0.4 is 5.73 Å². The van der Waals surface area contributed by atoms with Gasteiger partial charge in [0.15, 0.2) is 0 Å². The predicted octanol–water partition coefficient (Wildman–Crippen LogP) is 3.88. The Morgan fingerprint density at radius 2 is 2.00 bits per heavy atom. The molecule has 1 aromatic heterocycles. The molecule has 2 atom stereocenters. The Hall–Kier alpha value is 0.1000. The molecule has 1 rings (SSSR count). The average molecular weight is 319 g/mol. The first kappa shape index (κ1) is 15.2. The summed E-state index contributed by atoms with van der Waals surface area (Å²) in [7, 11) is 2.18. The lowest BCUT2D eigenvalue weighted by atomic mass is 10.0. The van der Waals surface area contributed by atoms with Crippen LogP contribution in [-0.2, 0) is 0 Å². The molecule has 0 saturated carbocycles. The second kappa shape index (κ2) is 6.88. The Balaban J connectivity index is 2.73. The van der Waals surface area contributed by atoms with Crippen LogP contribution in [0.5, 0.6) is 0 Å². The third kappa shape index (κ3) is 4.36. The Morgan fingerprint density at radius 1 is 1.35 bits per heavy atom. The van der Waals surface area contributed by atoms with Gasteiger partial charge in [0.25, 0.3) is 0 Å². The molecule has 0 spiro atoms. The first-order valence-corrected chi connectivity index (χ1v) is 7.73. The summed E-state index contributed by atoms with van der Waals surface area (Å²) in [5.74, 6) is 0.723. The lowest BCUT2D eigenvalue weighted by Gasteiger charge is -2.32. The molecule has 0 aromatic carbocycles. The van der Waals surface area contributed by atoms with Crippen molar-refractivity contribution in [3.8, 4) is 0 Å². The second-order valence-electron chi connectivity index (χ2n) is 5.04. The molecule has 0 aliphatic rings. The number of halogens is 1. The fraction of sp³-hybridized carbons (Fsp3) is 0.692. The number of thiophene rings is 1. The van der Waals surface area contributed by atoms with Crippen LogP contribution in [0, 0.1) is 5.92 Å². The molecule has 0 fully saturated rings. The number of nitrogens with zero attached hydrogens (tertiary/aromatic N) is 1. The molecular weight excluding hydrogens is 296 g/mol. The number of rotatable bonds is 6. The molecule has 0 bridgehead atoms. The van der Waals surface area contributed by atoms with Gasteiger partial charge in [0.1, 0.15) is 0 Å². The highest BCUT2D eigenvalue weighted by Crippen LogP contribution is 2.31. The van der Waals surface area contributed by atoms with E-state index in [-0.39, 0.29) is 0 Å². The smallest absolute Gasteiger partial charge is 0.0702 e. The van der Waals surface area contributed by atoms with Gasteiger partial charge in [-0.2, -0.15) is 0 Å². The highest BCUT2D eigenvalue weighted by atomic mass is 79.9. The average Bonchev–Trinajstić information content (AvgIpc) is 2.64. The topological polar surface area (TPSA) is 29.3 Å². The van der Waals surface area contributed by atoms with E-state index in [1.54, 1.807) is 11.3 Å². The van der Waals surface area contributed by atoms with E-state index in [0.29, 0.717) is 18.6 Å². The zero-order valence-corrected chi connectivity index (χ0v) is 13.5. The van der Waals surface area contributed by atoms with Gasteiger partial charge in [-0.15, -0.1) is 11.3 Å². The number of nitrogens with two attached hydrogens (primary N) is 1. The molecule has 0 amide bonds. The quantitative estimate of drug-likeness (QED) is 0.862. The number of hydrogen-bond acceptors (Lipinski definition) is 3. The van der Waals surface area contributed by atoms with Gasteiger partial charge in [0, 0.05) is 17.5 Å². The molecule has 0 saturated heterocycles.